The predicted octanol–water partition coefficient (Wildman–Crippen LogP) is 6.37. The highest BCUT2D eigenvalue weighted by atomic mass is 35.5. The minimum Gasteiger partial charge on any atom is -0.494 e. The molecule has 1 N–H and O–H groups in total. The molecule has 1 heterocycles. The van der Waals surface area contributed by atoms with Crippen LogP contribution >= 0.6 is 35.0 Å². The first kappa shape index (κ1) is 23.2. The van der Waals surface area contributed by atoms with Crippen molar-refractivity contribution < 1.29 is 9.53 Å². The molecule has 9 heteroatoms. The third-order valence-corrected chi connectivity index (χ3v) is 6.00. The van der Waals surface area contributed by atoms with Crippen LogP contribution in [0.1, 0.15) is 6.92 Å². The van der Waals surface area contributed by atoms with Crippen LogP contribution in [0.4, 0.5) is 5.69 Å². The lowest BCUT2D eigenvalue weighted by Gasteiger charge is -2.12. The zero-order chi connectivity index (χ0) is 23.2. The smallest absolute Gasteiger partial charge is 0.234 e. The summed E-state index contributed by atoms with van der Waals surface area (Å²) in [4.78, 5) is 12.5. The zero-order valence-corrected chi connectivity index (χ0v) is 20.0. The molecule has 0 spiro atoms. The number of benzene rings is 3. The summed E-state index contributed by atoms with van der Waals surface area (Å²) in [6, 6.07) is 22.1. The molecular formula is C24H20Cl2N4O2S. The van der Waals surface area contributed by atoms with Gasteiger partial charge in [0.15, 0.2) is 11.0 Å². The number of thioether (sulfide) groups is 1. The van der Waals surface area contributed by atoms with Crippen molar-refractivity contribution >= 4 is 46.6 Å². The Bertz CT molecular complexity index is 1240. The molecule has 1 aromatic heterocycles. The van der Waals surface area contributed by atoms with Gasteiger partial charge in [-0.3, -0.25) is 9.36 Å². The van der Waals surface area contributed by atoms with Crippen molar-refractivity contribution in [2.24, 2.45) is 0 Å². The standard InChI is InChI=1S/C24H20Cl2N4O2S/c1-2-32-21-12-10-20(11-13-21)30-23(16-6-8-17(25)9-7-16)28-29-24(30)33-15-22(31)27-19-5-3-4-18(26)14-19/h3-14H,2,15H2,1H3,(H,27,31). The molecule has 0 atom stereocenters. The molecule has 0 fully saturated rings. The van der Waals surface area contributed by atoms with Gasteiger partial charge in [0, 0.05) is 27.0 Å². The van der Waals surface area contributed by atoms with Gasteiger partial charge in [0.2, 0.25) is 5.91 Å². The molecule has 0 aliphatic carbocycles. The fourth-order valence-corrected chi connectivity index (χ4v) is 4.20. The van der Waals surface area contributed by atoms with Gasteiger partial charge >= 0.3 is 0 Å². The van der Waals surface area contributed by atoms with Gasteiger partial charge in [-0.25, -0.2) is 0 Å². The number of nitrogens with one attached hydrogen (secondary N) is 1. The van der Waals surface area contributed by atoms with Gasteiger partial charge in [0.05, 0.1) is 12.4 Å². The number of carbonyl (C=O) groups excluding carboxylic acids is 1. The van der Waals surface area contributed by atoms with Gasteiger partial charge in [-0.2, -0.15) is 0 Å². The van der Waals surface area contributed by atoms with Gasteiger partial charge < -0.3 is 10.1 Å². The van der Waals surface area contributed by atoms with E-state index in [1.807, 2.05) is 47.9 Å². The number of halogens is 2. The average Bonchev–Trinajstić information content (AvgIpc) is 3.23. The van der Waals surface area contributed by atoms with Crippen LogP contribution in [0.15, 0.2) is 78.0 Å². The Labute approximate surface area is 205 Å². The van der Waals surface area contributed by atoms with E-state index in [9.17, 15) is 4.79 Å². The molecular weight excluding hydrogens is 479 g/mol. The van der Waals surface area contributed by atoms with Crippen LogP contribution in [0.5, 0.6) is 5.75 Å². The Kier molecular flexibility index (Phi) is 7.54. The molecule has 4 aromatic rings. The maximum atomic E-state index is 12.5. The molecule has 6 nitrogen and oxygen atoms in total. The highest BCUT2D eigenvalue weighted by molar-refractivity contribution is 7.99. The van der Waals surface area contributed by atoms with Crippen molar-refractivity contribution in [2.75, 3.05) is 17.7 Å². The summed E-state index contributed by atoms with van der Waals surface area (Å²) in [7, 11) is 0. The summed E-state index contributed by atoms with van der Waals surface area (Å²) < 4.78 is 7.47. The second kappa shape index (κ2) is 10.7. The monoisotopic (exact) mass is 498 g/mol. The van der Waals surface area contributed by atoms with Gasteiger partial charge in [-0.1, -0.05) is 41.0 Å². The van der Waals surface area contributed by atoms with Crippen molar-refractivity contribution in [3.8, 4) is 22.8 Å². The number of amides is 1. The lowest BCUT2D eigenvalue weighted by Crippen LogP contribution is -2.14. The number of rotatable bonds is 8. The Morgan fingerprint density at radius 2 is 1.76 bits per heavy atom. The Morgan fingerprint density at radius 1 is 1.00 bits per heavy atom. The van der Waals surface area contributed by atoms with Crippen LogP contribution in [0.25, 0.3) is 17.1 Å². The third-order valence-electron chi connectivity index (χ3n) is 4.58. The summed E-state index contributed by atoms with van der Waals surface area (Å²) >= 11 is 13.3. The SMILES string of the molecule is CCOc1ccc(-n2c(SCC(=O)Nc3cccc(Cl)c3)nnc2-c2ccc(Cl)cc2)cc1. The minimum atomic E-state index is -0.170. The number of nitrogens with zero attached hydrogens (tertiary/aromatic N) is 3. The fourth-order valence-electron chi connectivity index (χ4n) is 3.13. The molecule has 0 unspecified atom stereocenters. The molecule has 1 amide bonds. The van der Waals surface area contributed by atoms with E-state index in [-0.39, 0.29) is 11.7 Å². The van der Waals surface area contributed by atoms with E-state index in [0.29, 0.717) is 33.3 Å². The quantitative estimate of drug-likeness (QED) is 0.285. The lowest BCUT2D eigenvalue weighted by molar-refractivity contribution is -0.113. The van der Waals surface area contributed by atoms with Gasteiger partial charge in [0.1, 0.15) is 5.75 Å². The number of aromatic nitrogens is 3. The molecule has 4 rings (SSSR count). The first-order chi connectivity index (χ1) is 16.0. The summed E-state index contributed by atoms with van der Waals surface area (Å²) in [6.45, 7) is 2.53. The molecule has 3 aromatic carbocycles. The molecule has 168 valence electrons. The molecule has 0 aliphatic rings. The van der Waals surface area contributed by atoms with Gasteiger partial charge in [-0.05, 0) is 73.7 Å². The van der Waals surface area contributed by atoms with Crippen LogP contribution in [-0.2, 0) is 4.79 Å². The molecule has 33 heavy (non-hydrogen) atoms. The van der Waals surface area contributed by atoms with E-state index in [4.69, 9.17) is 27.9 Å². The normalized spacial score (nSPS) is 10.8. The highest BCUT2D eigenvalue weighted by Gasteiger charge is 2.17. The van der Waals surface area contributed by atoms with Crippen molar-refractivity contribution in [1.82, 2.24) is 14.8 Å². The number of hydrogen-bond donors (Lipinski definition) is 1. The van der Waals surface area contributed by atoms with Gasteiger partial charge in [-0.15, -0.1) is 10.2 Å². The van der Waals surface area contributed by atoms with Crippen LogP contribution in [0, 0.1) is 0 Å². The van der Waals surface area contributed by atoms with E-state index < -0.39 is 0 Å². The lowest BCUT2D eigenvalue weighted by atomic mass is 10.2. The first-order valence-corrected chi connectivity index (χ1v) is 11.9. The van der Waals surface area contributed by atoms with Crippen molar-refractivity contribution in [1.29, 1.82) is 0 Å². The topological polar surface area (TPSA) is 69.0 Å². The number of hydrogen-bond acceptors (Lipinski definition) is 5. The Morgan fingerprint density at radius 3 is 2.45 bits per heavy atom. The summed E-state index contributed by atoms with van der Waals surface area (Å²) in [6.07, 6.45) is 0. The maximum Gasteiger partial charge on any atom is 0.234 e. The fraction of sp³-hybridized carbons (Fsp3) is 0.125. The largest absolute Gasteiger partial charge is 0.494 e. The third kappa shape index (κ3) is 5.87. The summed E-state index contributed by atoms with van der Waals surface area (Å²) in [5.41, 5.74) is 2.35. The summed E-state index contributed by atoms with van der Waals surface area (Å²) in [5, 5.41) is 13.4. The minimum absolute atomic E-state index is 0.155. The van der Waals surface area contributed by atoms with Crippen molar-refractivity contribution in [3.63, 3.8) is 0 Å². The van der Waals surface area contributed by atoms with Crippen molar-refractivity contribution in [3.05, 3.63) is 82.8 Å². The molecule has 0 aliphatic heterocycles. The number of carbonyl (C=O) groups is 1. The number of ether oxygens (including phenoxy) is 1. The summed E-state index contributed by atoms with van der Waals surface area (Å²) in [5.74, 6) is 1.41. The van der Waals surface area contributed by atoms with E-state index in [2.05, 4.69) is 15.5 Å². The molecule has 0 saturated carbocycles. The van der Waals surface area contributed by atoms with Gasteiger partial charge in [0.25, 0.3) is 0 Å². The average molecular weight is 499 g/mol. The molecule has 0 bridgehead atoms. The zero-order valence-electron chi connectivity index (χ0n) is 17.7. The second-order valence-electron chi connectivity index (χ2n) is 6.92. The second-order valence-corrected chi connectivity index (χ2v) is 8.74. The Hall–Kier alpha value is -3.00. The van der Waals surface area contributed by atoms with Crippen LogP contribution in [-0.4, -0.2) is 33.0 Å². The molecule has 0 radical (unpaired) electrons. The highest BCUT2D eigenvalue weighted by Crippen LogP contribution is 2.29. The van der Waals surface area contributed by atoms with E-state index in [1.54, 1.807) is 36.4 Å². The van der Waals surface area contributed by atoms with E-state index >= 15 is 0 Å². The van der Waals surface area contributed by atoms with Crippen LogP contribution < -0.4 is 10.1 Å². The van der Waals surface area contributed by atoms with Crippen LogP contribution in [0.2, 0.25) is 10.0 Å². The predicted molar refractivity (Wildman–Crippen MR) is 134 cm³/mol. The van der Waals surface area contributed by atoms with E-state index in [1.165, 1.54) is 11.8 Å². The number of anilines is 1. The van der Waals surface area contributed by atoms with Crippen LogP contribution in [0.3, 0.4) is 0 Å². The molecule has 0 saturated heterocycles. The maximum absolute atomic E-state index is 12.5. The first-order valence-electron chi connectivity index (χ1n) is 10.2. The van der Waals surface area contributed by atoms with E-state index in [0.717, 1.165) is 17.0 Å². The van der Waals surface area contributed by atoms with Crippen molar-refractivity contribution in [2.45, 2.75) is 12.1 Å². The Balaban J connectivity index is 1.60.